The second-order valence-electron chi connectivity index (χ2n) is 8.48. The number of nitrogens with zero attached hydrogens (tertiary/aromatic N) is 4. The molecule has 0 unspecified atom stereocenters. The van der Waals surface area contributed by atoms with Gasteiger partial charge in [-0.3, -0.25) is 9.59 Å². The number of amides is 2. The Morgan fingerprint density at radius 3 is 2.39 bits per heavy atom. The summed E-state index contributed by atoms with van der Waals surface area (Å²) >= 11 is 0. The molecule has 1 aliphatic heterocycles. The van der Waals surface area contributed by atoms with Crippen LogP contribution in [0, 0.1) is 18.3 Å². The zero-order valence-corrected chi connectivity index (χ0v) is 17.3. The lowest BCUT2D eigenvalue weighted by Crippen LogP contribution is -2.40. The summed E-state index contributed by atoms with van der Waals surface area (Å²) in [6.07, 6.45) is -2.24. The lowest BCUT2D eigenvalue weighted by molar-refractivity contribution is -0.137. The quantitative estimate of drug-likeness (QED) is 0.735. The van der Waals surface area contributed by atoms with E-state index in [0.29, 0.717) is 43.9 Å². The molecule has 1 saturated heterocycles. The standard InChI is InChI=1S/C21H23F3N4O3/c1-13-17(26-31-25-13)12-27(2)19(30)16-11-20(16)7-9-28(10-8-20)18(29)14-3-5-15(6-4-14)21(22,23)24/h3-6,16H,7-12H2,1-2H3/t16-/m1/s1. The Morgan fingerprint density at radius 2 is 1.84 bits per heavy atom. The average molecular weight is 436 g/mol. The zero-order valence-electron chi connectivity index (χ0n) is 17.3. The van der Waals surface area contributed by atoms with Crippen molar-refractivity contribution in [3.8, 4) is 0 Å². The lowest BCUT2D eigenvalue weighted by atomic mass is 9.90. The molecule has 1 atom stereocenters. The molecule has 0 radical (unpaired) electrons. The molecule has 4 rings (SSSR count). The number of carbonyl (C=O) groups excluding carboxylic acids is 2. The third-order valence-corrected chi connectivity index (χ3v) is 6.50. The summed E-state index contributed by atoms with van der Waals surface area (Å²) in [4.78, 5) is 28.8. The SMILES string of the molecule is Cc1nonc1CN(C)C(=O)[C@H]1CC12CCN(C(=O)c1ccc(C(F)(F)F)cc1)CC2. The van der Waals surface area contributed by atoms with Crippen molar-refractivity contribution in [1.82, 2.24) is 20.1 Å². The van der Waals surface area contributed by atoms with Gasteiger partial charge in [0.25, 0.3) is 5.91 Å². The van der Waals surface area contributed by atoms with Crippen molar-refractivity contribution < 1.29 is 27.4 Å². The first kappa shape index (κ1) is 21.3. The van der Waals surface area contributed by atoms with E-state index in [1.165, 1.54) is 12.1 Å². The molecule has 7 nitrogen and oxygen atoms in total. The van der Waals surface area contributed by atoms with E-state index in [9.17, 15) is 22.8 Å². The molecule has 2 fully saturated rings. The molecule has 1 aromatic carbocycles. The molecule has 1 spiro atoms. The van der Waals surface area contributed by atoms with Crippen molar-refractivity contribution in [3.05, 3.63) is 46.8 Å². The topological polar surface area (TPSA) is 79.5 Å². The van der Waals surface area contributed by atoms with Crippen LogP contribution in [-0.2, 0) is 17.5 Å². The van der Waals surface area contributed by atoms with Gasteiger partial charge in [0.05, 0.1) is 12.1 Å². The summed E-state index contributed by atoms with van der Waals surface area (Å²) in [6, 6.07) is 4.29. The van der Waals surface area contributed by atoms with Crippen LogP contribution in [0.5, 0.6) is 0 Å². The number of likely N-dealkylation sites (tertiary alicyclic amines) is 1. The average Bonchev–Trinajstić information content (AvgIpc) is 3.29. The monoisotopic (exact) mass is 436 g/mol. The second-order valence-corrected chi connectivity index (χ2v) is 8.48. The number of rotatable bonds is 4. The summed E-state index contributed by atoms with van der Waals surface area (Å²) in [5, 5.41) is 7.53. The molecule has 1 aromatic heterocycles. The number of hydrogen-bond donors (Lipinski definition) is 0. The van der Waals surface area contributed by atoms with E-state index >= 15 is 0 Å². The van der Waals surface area contributed by atoms with Crippen LogP contribution in [0.2, 0.25) is 0 Å². The summed E-state index contributed by atoms with van der Waals surface area (Å²) in [6.45, 7) is 3.07. The van der Waals surface area contributed by atoms with Crippen LogP contribution in [0.25, 0.3) is 0 Å². The van der Waals surface area contributed by atoms with Gasteiger partial charge in [-0.25, -0.2) is 4.63 Å². The van der Waals surface area contributed by atoms with Crippen LogP contribution in [-0.4, -0.2) is 52.1 Å². The molecule has 166 valence electrons. The summed E-state index contributed by atoms with van der Waals surface area (Å²) < 4.78 is 42.8. The molecular formula is C21H23F3N4O3. The maximum Gasteiger partial charge on any atom is 0.416 e. The van der Waals surface area contributed by atoms with E-state index in [0.717, 1.165) is 18.6 Å². The van der Waals surface area contributed by atoms with Crippen molar-refractivity contribution >= 4 is 11.8 Å². The van der Waals surface area contributed by atoms with Gasteiger partial charge in [-0.2, -0.15) is 13.2 Å². The highest BCUT2D eigenvalue weighted by molar-refractivity contribution is 5.94. The Hall–Kier alpha value is -2.91. The van der Waals surface area contributed by atoms with Gasteiger partial charge in [-0.1, -0.05) is 10.3 Å². The van der Waals surface area contributed by atoms with Gasteiger partial charge >= 0.3 is 6.18 Å². The molecule has 2 aromatic rings. The minimum absolute atomic E-state index is 0.0462. The Balaban J connectivity index is 1.32. The normalized spacial score (nSPS) is 20.0. The fourth-order valence-corrected chi connectivity index (χ4v) is 4.35. The van der Waals surface area contributed by atoms with Crippen molar-refractivity contribution in [2.45, 2.75) is 38.9 Å². The Bertz CT molecular complexity index is 979. The number of benzene rings is 1. The van der Waals surface area contributed by atoms with Crippen LogP contribution in [0.3, 0.4) is 0 Å². The molecule has 2 heterocycles. The highest BCUT2D eigenvalue weighted by Crippen LogP contribution is 2.60. The summed E-state index contributed by atoms with van der Waals surface area (Å²) in [7, 11) is 1.73. The minimum Gasteiger partial charge on any atom is -0.339 e. The fourth-order valence-electron chi connectivity index (χ4n) is 4.35. The van der Waals surface area contributed by atoms with E-state index in [1.807, 2.05) is 0 Å². The fraction of sp³-hybridized carbons (Fsp3) is 0.524. The van der Waals surface area contributed by atoms with Crippen LogP contribution in [0.4, 0.5) is 13.2 Å². The van der Waals surface area contributed by atoms with E-state index in [-0.39, 0.29) is 28.7 Å². The Morgan fingerprint density at radius 1 is 1.19 bits per heavy atom. The Kier molecular flexibility index (Phi) is 5.26. The van der Waals surface area contributed by atoms with Crippen molar-refractivity contribution in [3.63, 3.8) is 0 Å². The number of carbonyl (C=O) groups is 2. The zero-order chi connectivity index (χ0) is 22.4. The maximum atomic E-state index is 12.8. The highest BCUT2D eigenvalue weighted by atomic mass is 19.4. The number of piperidine rings is 1. The number of halogens is 3. The highest BCUT2D eigenvalue weighted by Gasteiger charge is 2.59. The molecule has 31 heavy (non-hydrogen) atoms. The summed E-state index contributed by atoms with van der Waals surface area (Å²) in [5.74, 6) is -0.316. The molecule has 2 amide bonds. The van der Waals surface area contributed by atoms with Gasteiger partial charge in [0.2, 0.25) is 5.91 Å². The molecule has 0 N–H and O–H groups in total. The van der Waals surface area contributed by atoms with Crippen molar-refractivity contribution in [1.29, 1.82) is 0 Å². The smallest absolute Gasteiger partial charge is 0.339 e. The second kappa shape index (κ2) is 7.65. The van der Waals surface area contributed by atoms with Gasteiger partial charge in [0.1, 0.15) is 11.4 Å². The van der Waals surface area contributed by atoms with Crippen LogP contribution < -0.4 is 0 Å². The van der Waals surface area contributed by atoms with E-state index in [4.69, 9.17) is 0 Å². The lowest BCUT2D eigenvalue weighted by Gasteiger charge is -2.33. The van der Waals surface area contributed by atoms with Crippen LogP contribution in [0.1, 0.15) is 46.6 Å². The molecule has 1 aliphatic carbocycles. The Labute approximate surface area is 177 Å². The maximum absolute atomic E-state index is 12.8. The van der Waals surface area contributed by atoms with E-state index in [1.54, 1.807) is 23.8 Å². The van der Waals surface area contributed by atoms with Crippen LogP contribution in [0.15, 0.2) is 28.9 Å². The first-order valence-electron chi connectivity index (χ1n) is 10.1. The van der Waals surface area contributed by atoms with Crippen LogP contribution >= 0.6 is 0 Å². The van der Waals surface area contributed by atoms with E-state index < -0.39 is 11.7 Å². The van der Waals surface area contributed by atoms with Crippen molar-refractivity contribution in [2.75, 3.05) is 20.1 Å². The number of aryl methyl sites for hydroxylation is 1. The van der Waals surface area contributed by atoms with Gasteiger partial charge < -0.3 is 9.80 Å². The molecule has 0 bridgehead atoms. The third kappa shape index (κ3) is 4.15. The predicted octanol–water partition coefficient (Wildman–Crippen LogP) is 3.30. The third-order valence-electron chi connectivity index (χ3n) is 6.50. The predicted molar refractivity (Wildman–Crippen MR) is 103 cm³/mol. The number of alkyl halides is 3. The van der Waals surface area contributed by atoms with Gasteiger partial charge in [-0.05, 0) is 55.9 Å². The van der Waals surface area contributed by atoms with Gasteiger partial charge in [0, 0.05) is 31.6 Å². The molecule has 1 saturated carbocycles. The minimum atomic E-state index is -4.43. The summed E-state index contributed by atoms with van der Waals surface area (Å²) in [5.41, 5.74) is 0.646. The van der Waals surface area contributed by atoms with E-state index in [2.05, 4.69) is 14.9 Å². The first-order valence-corrected chi connectivity index (χ1v) is 10.1. The van der Waals surface area contributed by atoms with Gasteiger partial charge in [0.15, 0.2) is 0 Å². The molecule has 10 heteroatoms. The molecule has 2 aliphatic rings. The number of aromatic nitrogens is 2. The first-order chi connectivity index (χ1) is 14.6. The molecular weight excluding hydrogens is 413 g/mol. The van der Waals surface area contributed by atoms with Crippen molar-refractivity contribution in [2.24, 2.45) is 11.3 Å². The number of hydrogen-bond acceptors (Lipinski definition) is 5. The van der Waals surface area contributed by atoms with Gasteiger partial charge in [-0.15, -0.1) is 0 Å². The largest absolute Gasteiger partial charge is 0.416 e.